The first-order valence-electron chi connectivity index (χ1n) is 7.88. The SMILES string of the molecule is CCC1CCC(=O)C(CN2CCN(C)C(C)(C)C2)C1. The van der Waals surface area contributed by atoms with Crippen LogP contribution in [0.2, 0.25) is 0 Å². The first kappa shape index (κ1) is 15.0. The van der Waals surface area contributed by atoms with Gasteiger partial charge in [-0.1, -0.05) is 13.3 Å². The molecule has 1 aliphatic carbocycles. The number of hydrogen-bond acceptors (Lipinski definition) is 3. The van der Waals surface area contributed by atoms with Crippen LogP contribution >= 0.6 is 0 Å². The summed E-state index contributed by atoms with van der Waals surface area (Å²) in [6.45, 7) is 11.2. The largest absolute Gasteiger partial charge is 0.300 e. The highest BCUT2D eigenvalue weighted by molar-refractivity contribution is 5.81. The molecule has 3 nitrogen and oxygen atoms in total. The predicted octanol–water partition coefficient (Wildman–Crippen LogP) is 2.41. The Hall–Kier alpha value is -0.410. The van der Waals surface area contributed by atoms with Crippen LogP contribution in [0, 0.1) is 11.8 Å². The first-order valence-corrected chi connectivity index (χ1v) is 7.88. The molecule has 0 spiro atoms. The maximum absolute atomic E-state index is 12.1. The van der Waals surface area contributed by atoms with Gasteiger partial charge in [-0.15, -0.1) is 0 Å². The number of Topliss-reactive ketones (excluding diaryl/α,β-unsaturated/α-hetero) is 1. The first-order chi connectivity index (χ1) is 8.92. The van der Waals surface area contributed by atoms with E-state index >= 15 is 0 Å². The Labute approximate surface area is 118 Å². The fraction of sp³-hybridized carbons (Fsp3) is 0.938. The van der Waals surface area contributed by atoms with E-state index in [1.807, 2.05) is 0 Å². The zero-order valence-electron chi connectivity index (χ0n) is 13.1. The Morgan fingerprint density at radius 2 is 2.05 bits per heavy atom. The molecule has 2 aliphatic rings. The van der Waals surface area contributed by atoms with Gasteiger partial charge in [-0.3, -0.25) is 14.6 Å². The molecule has 0 aromatic heterocycles. The summed E-state index contributed by atoms with van der Waals surface area (Å²) < 4.78 is 0. The van der Waals surface area contributed by atoms with Crippen LogP contribution in [0.5, 0.6) is 0 Å². The maximum Gasteiger partial charge on any atom is 0.137 e. The molecule has 0 N–H and O–H groups in total. The van der Waals surface area contributed by atoms with Gasteiger partial charge in [-0.25, -0.2) is 0 Å². The molecule has 2 atom stereocenters. The topological polar surface area (TPSA) is 23.6 Å². The number of piperazine rings is 1. The van der Waals surface area contributed by atoms with Crippen molar-refractivity contribution in [3.8, 4) is 0 Å². The summed E-state index contributed by atoms with van der Waals surface area (Å²) >= 11 is 0. The van der Waals surface area contributed by atoms with Gasteiger partial charge < -0.3 is 0 Å². The van der Waals surface area contributed by atoms with Gasteiger partial charge in [0.1, 0.15) is 5.78 Å². The molecule has 1 saturated carbocycles. The van der Waals surface area contributed by atoms with E-state index in [0.717, 1.165) is 51.4 Å². The Morgan fingerprint density at radius 1 is 1.32 bits per heavy atom. The quantitative estimate of drug-likeness (QED) is 0.784. The summed E-state index contributed by atoms with van der Waals surface area (Å²) in [5.74, 6) is 1.60. The monoisotopic (exact) mass is 266 g/mol. The lowest BCUT2D eigenvalue weighted by atomic mass is 9.79. The third-order valence-corrected chi connectivity index (χ3v) is 5.32. The molecule has 1 heterocycles. The minimum atomic E-state index is 0.236. The third-order valence-electron chi connectivity index (χ3n) is 5.32. The molecule has 0 aromatic carbocycles. The number of rotatable bonds is 3. The fourth-order valence-corrected chi connectivity index (χ4v) is 3.56. The Kier molecular flexibility index (Phi) is 4.67. The Bertz CT molecular complexity index is 327. The van der Waals surface area contributed by atoms with Crippen LogP contribution in [0.15, 0.2) is 0 Å². The van der Waals surface area contributed by atoms with Crippen molar-refractivity contribution in [2.24, 2.45) is 11.8 Å². The Morgan fingerprint density at radius 3 is 2.68 bits per heavy atom. The molecule has 0 bridgehead atoms. The molecular weight excluding hydrogens is 236 g/mol. The summed E-state index contributed by atoms with van der Waals surface area (Å²) in [6.07, 6.45) is 4.31. The third kappa shape index (κ3) is 3.57. The summed E-state index contributed by atoms with van der Waals surface area (Å²) in [4.78, 5) is 17.1. The van der Waals surface area contributed by atoms with Gasteiger partial charge in [-0.05, 0) is 39.7 Å². The summed E-state index contributed by atoms with van der Waals surface area (Å²) in [5.41, 5.74) is 0.236. The summed E-state index contributed by atoms with van der Waals surface area (Å²) in [6, 6.07) is 0. The van der Waals surface area contributed by atoms with Crippen molar-refractivity contribution < 1.29 is 4.79 Å². The maximum atomic E-state index is 12.1. The minimum absolute atomic E-state index is 0.236. The van der Waals surface area contributed by atoms with Crippen molar-refractivity contribution in [3.05, 3.63) is 0 Å². The molecule has 110 valence electrons. The van der Waals surface area contributed by atoms with E-state index in [9.17, 15) is 4.79 Å². The molecule has 2 rings (SSSR count). The van der Waals surface area contributed by atoms with E-state index in [2.05, 4.69) is 37.6 Å². The van der Waals surface area contributed by atoms with Crippen LogP contribution < -0.4 is 0 Å². The highest BCUT2D eigenvalue weighted by Crippen LogP contribution is 2.30. The van der Waals surface area contributed by atoms with Gasteiger partial charge in [0.2, 0.25) is 0 Å². The van der Waals surface area contributed by atoms with E-state index in [1.165, 1.54) is 6.42 Å². The second-order valence-corrected chi connectivity index (χ2v) is 7.18. The van der Waals surface area contributed by atoms with Crippen molar-refractivity contribution in [3.63, 3.8) is 0 Å². The zero-order chi connectivity index (χ0) is 14.0. The van der Waals surface area contributed by atoms with Gasteiger partial charge in [0.15, 0.2) is 0 Å². The van der Waals surface area contributed by atoms with Crippen molar-refractivity contribution in [1.82, 2.24) is 9.80 Å². The molecule has 0 aromatic rings. The van der Waals surface area contributed by atoms with Crippen LogP contribution in [0.1, 0.15) is 46.5 Å². The molecular formula is C16H30N2O. The highest BCUT2D eigenvalue weighted by atomic mass is 16.1. The molecule has 2 unspecified atom stereocenters. The summed E-state index contributed by atoms with van der Waals surface area (Å²) in [7, 11) is 2.20. The van der Waals surface area contributed by atoms with Gasteiger partial charge >= 0.3 is 0 Å². The number of ketones is 1. The smallest absolute Gasteiger partial charge is 0.137 e. The van der Waals surface area contributed by atoms with Gasteiger partial charge in [-0.2, -0.15) is 0 Å². The molecule has 1 aliphatic heterocycles. The van der Waals surface area contributed by atoms with Crippen molar-refractivity contribution in [2.45, 2.75) is 52.0 Å². The van der Waals surface area contributed by atoms with E-state index in [1.54, 1.807) is 0 Å². The van der Waals surface area contributed by atoms with Gasteiger partial charge in [0, 0.05) is 44.1 Å². The molecule has 19 heavy (non-hydrogen) atoms. The molecule has 2 fully saturated rings. The number of nitrogens with zero attached hydrogens (tertiary/aromatic N) is 2. The van der Waals surface area contributed by atoms with Crippen molar-refractivity contribution in [1.29, 1.82) is 0 Å². The number of likely N-dealkylation sites (N-methyl/N-ethyl adjacent to an activating group) is 1. The van der Waals surface area contributed by atoms with E-state index in [4.69, 9.17) is 0 Å². The number of carbonyl (C=O) groups is 1. The number of carbonyl (C=O) groups excluding carboxylic acids is 1. The van der Waals surface area contributed by atoms with Crippen LogP contribution in [0.3, 0.4) is 0 Å². The van der Waals surface area contributed by atoms with Crippen molar-refractivity contribution >= 4 is 5.78 Å². The zero-order valence-corrected chi connectivity index (χ0v) is 13.1. The average Bonchev–Trinajstić information content (AvgIpc) is 2.36. The molecule has 3 heteroatoms. The lowest BCUT2D eigenvalue weighted by Gasteiger charge is -2.46. The predicted molar refractivity (Wildman–Crippen MR) is 79.3 cm³/mol. The van der Waals surface area contributed by atoms with Crippen LogP contribution in [-0.4, -0.2) is 54.3 Å². The van der Waals surface area contributed by atoms with Crippen molar-refractivity contribution in [2.75, 3.05) is 33.2 Å². The lowest BCUT2D eigenvalue weighted by Crippen LogP contribution is -2.58. The van der Waals surface area contributed by atoms with Gasteiger partial charge in [0.05, 0.1) is 0 Å². The van der Waals surface area contributed by atoms with Gasteiger partial charge in [0.25, 0.3) is 0 Å². The second-order valence-electron chi connectivity index (χ2n) is 7.18. The normalized spacial score (nSPS) is 33.6. The van der Waals surface area contributed by atoms with Crippen LogP contribution in [-0.2, 0) is 4.79 Å². The lowest BCUT2D eigenvalue weighted by molar-refractivity contribution is -0.126. The average molecular weight is 266 g/mol. The highest BCUT2D eigenvalue weighted by Gasteiger charge is 2.34. The van der Waals surface area contributed by atoms with E-state index in [-0.39, 0.29) is 5.54 Å². The standard InChI is InChI=1S/C16H30N2O/c1-5-13-6-7-15(19)14(10-13)11-18-9-8-17(4)16(2,3)12-18/h13-14H,5-12H2,1-4H3. The van der Waals surface area contributed by atoms with E-state index < -0.39 is 0 Å². The Balaban J connectivity index is 1.91. The van der Waals surface area contributed by atoms with E-state index in [0.29, 0.717) is 11.7 Å². The van der Waals surface area contributed by atoms with Crippen LogP contribution in [0.4, 0.5) is 0 Å². The number of hydrogen-bond donors (Lipinski definition) is 0. The molecule has 0 amide bonds. The fourth-order valence-electron chi connectivity index (χ4n) is 3.56. The minimum Gasteiger partial charge on any atom is -0.300 e. The molecule has 1 saturated heterocycles. The summed E-state index contributed by atoms with van der Waals surface area (Å²) in [5, 5.41) is 0. The van der Waals surface area contributed by atoms with Crippen LogP contribution in [0.25, 0.3) is 0 Å². The second kappa shape index (κ2) is 5.92. The molecule has 0 radical (unpaired) electrons.